The zero-order valence-corrected chi connectivity index (χ0v) is 12.1. The Kier molecular flexibility index (Phi) is 6.50. The number of nitrogens with one attached hydrogen (secondary N) is 1. The number of primary amides is 1. The summed E-state index contributed by atoms with van der Waals surface area (Å²) in [7, 11) is 0. The standard InChI is InChI=1S/C16H22N2O2/c1-12(2)8-10-14(16(17)20)18-15(19)11-9-13-6-4-3-5-7-13/h3-8,14H,9-11H2,1-2H3,(H2,17,20)(H,18,19)/t14-/m0/s1. The summed E-state index contributed by atoms with van der Waals surface area (Å²) >= 11 is 0. The Morgan fingerprint density at radius 1 is 1.25 bits per heavy atom. The quantitative estimate of drug-likeness (QED) is 0.746. The molecular weight excluding hydrogens is 252 g/mol. The molecule has 0 aliphatic heterocycles. The third-order valence-electron chi connectivity index (χ3n) is 2.92. The number of carbonyl (C=O) groups excluding carboxylic acids is 2. The van der Waals surface area contributed by atoms with E-state index in [2.05, 4.69) is 5.32 Å². The SMILES string of the molecule is CC(C)=CC[C@H](NC(=O)CCc1ccccc1)C(N)=O. The van der Waals surface area contributed by atoms with Gasteiger partial charge in [-0.1, -0.05) is 42.0 Å². The highest BCUT2D eigenvalue weighted by atomic mass is 16.2. The van der Waals surface area contributed by atoms with E-state index in [1.807, 2.05) is 50.3 Å². The molecule has 1 rings (SSSR count). The van der Waals surface area contributed by atoms with Crippen LogP contribution in [0.3, 0.4) is 0 Å². The van der Waals surface area contributed by atoms with Crippen molar-refractivity contribution in [2.45, 2.75) is 39.2 Å². The second-order valence-electron chi connectivity index (χ2n) is 5.03. The number of benzene rings is 1. The fourth-order valence-corrected chi connectivity index (χ4v) is 1.77. The lowest BCUT2D eigenvalue weighted by atomic mass is 10.1. The number of allylic oxidation sites excluding steroid dienone is 1. The molecule has 4 nitrogen and oxygen atoms in total. The van der Waals surface area contributed by atoms with E-state index in [1.54, 1.807) is 0 Å². The van der Waals surface area contributed by atoms with Crippen molar-refractivity contribution in [1.29, 1.82) is 0 Å². The Bertz CT molecular complexity index is 477. The largest absolute Gasteiger partial charge is 0.368 e. The minimum atomic E-state index is -0.631. The average Bonchev–Trinajstić information content (AvgIpc) is 2.41. The first-order chi connectivity index (χ1) is 9.49. The molecule has 4 heteroatoms. The van der Waals surface area contributed by atoms with Gasteiger partial charge >= 0.3 is 0 Å². The summed E-state index contributed by atoms with van der Waals surface area (Å²) in [6.07, 6.45) is 3.34. The molecule has 1 aromatic rings. The smallest absolute Gasteiger partial charge is 0.240 e. The molecule has 0 aromatic heterocycles. The number of hydrogen-bond donors (Lipinski definition) is 2. The normalized spacial score (nSPS) is 11.5. The van der Waals surface area contributed by atoms with Crippen LogP contribution in [-0.4, -0.2) is 17.9 Å². The summed E-state index contributed by atoms with van der Waals surface area (Å²) in [4.78, 5) is 23.1. The van der Waals surface area contributed by atoms with Gasteiger partial charge in [0.15, 0.2) is 0 Å². The van der Waals surface area contributed by atoms with Crippen molar-refractivity contribution in [2.24, 2.45) is 5.73 Å². The first-order valence-corrected chi connectivity index (χ1v) is 6.75. The van der Waals surface area contributed by atoms with Crippen molar-refractivity contribution in [3.8, 4) is 0 Å². The van der Waals surface area contributed by atoms with E-state index < -0.39 is 11.9 Å². The molecule has 0 heterocycles. The number of rotatable bonds is 7. The van der Waals surface area contributed by atoms with Crippen LogP contribution < -0.4 is 11.1 Å². The minimum Gasteiger partial charge on any atom is -0.368 e. The zero-order valence-electron chi connectivity index (χ0n) is 12.1. The van der Waals surface area contributed by atoms with Gasteiger partial charge < -0.3 is 11.1 Å². The molecule has 0 saturated carbocycles. The van der Waals surface area contributed by atoms with Gasteiger partial charge in [0.25, 0.3) is 0 Å². The Morgan fingerprint density at radius 3 is 2.45 bits per heavy atom. The molecule has 20 heavy (non-hydrogen) atoms. The van der Waals surface area contributed by atoms with Crippen molar-refractivity contribution in [1.82, 2.24) is 5.32 Å². The van der Waals surface area contributed by atoms with Crippen LogP contribution in [0.4, 0.5) is 0 Å². The van der Waals surface area contributed by atoms with Crippen LogP contribution >= 0.6 is 0 Å². The molecule has 0 bridgehead atoms. The lowest BCUT2D eigenvalue weighted by Gasteiger charge is -2.14. The molecule has 1 atom stereocenters. The highest BCUT2D eigenvalue weighted by Crippen LogP contribution is 2.03. The fraction of sp³-hybridized carbons (Fsp3) is 0.375. The van der Waals surface area contributed by atoms with Gasteiger partial charge in [0.05, 0.1) is 0 Å². The summed E-state index contributed by atoms with van der Waals surface area (Å²) in [6.45, 7) is 3.88. The van der Waals surface area contributed by atoms with Crippen LogP contribution in [0.15, 0.2) is 42.0 Å². The van der Waals surface area contributed by atoms with E-state index in [-0.39, 0.29) is 5.91 Å². The highest BCUT2D eigenvalue weighted by molar-refractivity contribution is 5.86. The van der Waals surface area contributed by atoms with Crippen molar-refractivity contribution >= 4 is 11.8 Å². The molecule has 0 saturated heterocycles. The first kappa shape index (κ1) is 16.0. The van der Waals surface area contributed by atoms with E-state index in [0.717, 1.165) is 11.1 Å². The van der Waals surface area contributed by atoms with Crippen LogP contribution in [0.25, 0.3) is 0 Å². The van der Waals surface area contributed by atoms with E-state index in [9.17, 15) is 9.59 Å². The summed E-state index contributed by atoms with van der Waals surface area (Å²) < 4.78 is 0. The second kappa shape index (κ2) is 8.15. The predicted octanol–water partition coefficient (Wildman–Crippen LogP) is 1.95. The van der Waals surface area contributed by atoms with Crippen molar-refractivity contribution in [2.75, 3.05) is 0 Å². The van der Waals surface area contributed by atoms with Crippen LogP contribution in [-0.2, 0) is 16.0 Å². The molecule has 0 fully saturated rings. The number of aryl methyl sites for hydroxylation is 1. The molecule has 0 radical (unpaired) electrons. The van der Waals surface area contributed by atoms with Crippen molar-refractivity contribution in [3.63, 3.8) is 0 Å². The third-order valence-corrected chi connectivity index (χ3v) is 2.92. The van der Waals surface area contributed by atoms with Gasteiger partial charge in [0.1, 0.15) is 6.04 Å². The summed E-state index contributed by atoms with van der Waals surface area (Å²) in [5.74, 6) is -0.657. The Hall–Kier alpha value is -2.10. The number of nitrogens with two attached hydrogens (primary N) is 1. The Balaban J connectivity index is 2.46. The topological polar surface area (TPSA) is 72.2 Å². The van der Waals surface area contributed by atoms with E-state index >= 15 is 0 Å². The van der Waals surface area contributed by atoms with Gasteiger partial charge in [-0.05, 0) is 32.3 Å². The molecule has 0 aliphatic rings. The molecule has 0 unspecified atom stereocenters. The molecule has 0 aliphatic carbocycles. The van der Waals surface area contributed by atoms with E-state index in [4.69, 9.17) is 5.73 Å². The molecule has 0 spiro atoms. The Morgan fingerprint density at radius 2 is 1.90 bits per heavy atom. The number of amides is 2. The fourth-order valence-electron chi connectivity index (χ4n) is 1.77. The zero-order chi connectivity index (χ0) is 15.0. The van der Waals surface area contributed by atoms with Crippen molar-refractivity contribution < 1.29 is 9.59 Å². The van der Waals surface area contributed by atoms with Gasteiger partial charge in [0, 0.05) is 6.42 Å². The van der Waals surface area contributed by atoms with Gasteiger partial charge in [-0.3, -0.25) is 9.59 Å². The number of carbonyl (C=O) groups is 2. The van der Waals surface area contributed by atoms with Gasteiger partial charge in [-0.15, -0.1) is 0 Å². The summed E-state index contributed by atoms with van der Waals surface area (Å²) in [5, 5.41) is 2.68. The van der Waals surface area contributed by atoms with Gasteiger partial charge in [0.2, 0.25) is 11.8 Å². The summed E-state index contributed by atoms with van der Waals surface area (Å²) in [5.41, 5.74) is 7.49. The maximum Gasteiger partial charge on any atom is 0.240 e. The average molecular weight is 274 g/mol. The molecule has 2 amide bonds. The highest BCUT2D eigenvalue weighted by Gasteiger charge is 2.16. The maximum absolute atomic E-state index is 11.8. The maximum atomic E-state index is 11.8. The molecule has 1 aromatic carbocycles. The summed E-state index contributed by atoms with van der Waals surface area (Å²) in [6, 6.07) is 9.13. The second-order valence-corrected chi connectivity index (χ2v) is 5.03. The molecule has 3 N–H and O–H groups in total. The predicted molar refractivity (Wildman–Crippen MR) is 79.9 cm³/mol. The minimum absolute atomic E-state index is 0.153. The van der Waals surface area contributed by atoms with Crippen LogP contribution in [0.1, 0.15) is 32.3 Å². The van der Waals surface area contributed by atoms with E-state index in [0.29, 0.717) is 19.3 Å². The molecule has 108 valence electrons. The lowest BCUT2D eigenvalue weighted by molar-refractivity contribution is -0.127. The monoisotopic (exact) mass is 274 g/mol. The van der Waals surface area contributed by atoms with E-state index in [1.165, 1.54) is 0 Å². The van der Waals surface area contributed by atoms with Gasteiger partial charge in [-0.25, -0.2) is 0 Å². The Labute approximate surface area is 120 Å². The first-order valence-electron chi connectivity index (χ1n) is 6.75. The van der Waals surface area contributed by atoms with Gasteiger partial charge in [-0.2, -0.15) is 0 Å². The van der Waals surface area contributed by atoms with Crippen LogP contribution in [0.5, 0.6) is 0 Å². The lowest BCUT2D eigenvalue weighted by Crippen LogP contribution is -2.44. The van der Waals surface area contributed by atoms with Crippen LogP contribution in [0, 0.1) is 0 Å². The molecular formula is C16H22N2O2. The van der Waals surface area contributed by atoms with Crippen molar-refractivity contribution in [3.05, 3.63) is 47.5 Å². The third kappa shape index (κ3) is 6.18. The number of hydrogen-bond acceptors (Lipinski definition) is 2. The van der Waals surface area contributed by atoms with Crippen LogP contribution in [0.2, 0.25) is 0 Å².